The van der Waals surface area contributed by atoms with E-state index in [-0.39, 0.29) is 19.0 Å². The van der Waals surface area contributed by atoms with Crippen LogP contribution in [-0.4, -0.2) is 62.3 Å². The topological polar surface area (TPSA) is 88.9 Å². The summed E-state index contributed by atoms with van der Waals surface area (Å²) in [6.45, 7) is 4.10. The van der Waals surface area contributed by atoms with Crippen molar-refractivity contribution in [3.05, 3.63) is 24.0 Å². The Labute approximate surface area is 150 Å². The largest absolute Gasteiger partial charge is 0.442 e. The number of carbonyl (C=O) groups excluding carboxylic acids is 2. The molecule has 1 aromatic rings. The molecule has 0 spiro atoms. The van der Waals surface area contributed by atoms with Crippen LogP contribution in [0.4, 0.5) is 20.6 Å². The Hall–Kier alpha value is -3.02. The monoisotopic (exact) mass is 361 g/mol. The molecule has 2 aliphatic rings. The molecule has 1 aromatic carbocycles. The molecule has 0 bridgehead atoms. The third-order valence-corrected chi connectivity index (χ3v) is 4.46. The zero-order chi connectivity index (χ0) is 18.7. The summed E-state index contributed by atoms with van der Waals surface area (Å²) in [7, 11) is 0. The second-order valence-corrected chi connectivity index (χ2v) is 6.26. The van der Waals surface area contributed by atoms with Crippen molar-refractivity contribution in [1.29, 1.82) is 5.26 Å². The number of cyclic esters (lactones) is 1. The SMILES string of the molecule is CC(=O)NC[C@H]1CN(c2ccc(N3CCN(C#N)CC3)c(F)c2)C(=O)O1. The zero-order valence-electron chi connectivity index (χ0n) is 14.4. The maximum atomic E-state index is 14.6. The summed E-state index contributed by atoms with van der Waals surface area (Å²) in [5, 5.41) is 11.5. The van der Waals surface area contributed by atoms with Crippen LogP contribution in [0.1, 0.15) is 6.92 Å². The van der Waals surface area contributed by atoms with Gasteiger partial charge in [-0.25, -0.2) is 9.18 Å². The minimum Gasteiger partial charge on any atom is -0.442 e. The van der Waals surface area contributed by atoms with Crippen LogP contribution in [-0.2, 0) is 9.53 Å². The molecule has 26 heavy (non-hydrogen) atoms. The lowest BCUT2D eigenvalue weighted by atomic mass is 10.2. The van der Waals surface area contributed by atoms with Gasteiger partial charge in [-0.1, -0.05) is 0 Å². The highest BCUT2D eigenvalue weighted by molar-refractivity contribution is 5.90. The molecule has 0 aromatic heterocycles. The van der Waals surface area contributed by atoms with Crippen molar-refractivity contribution in [2.75, 3.05) is 49.1 Å². The predicted molar refractivity (Wildman–Crippen MR) is 92.1 cm³/mol. The summed E-state index contributed by atoms with van der Waals surface area (Å²) in [6.07, 6.45) is 1.07. The summed E-state index contributed by atoms with van der Waals surface area (Å²) in [6, 6.07) is 4.63. The summed E-state index contributed by atoms with van der Waals surface area (Å²) in [5.74, 6) is -0.627. The number of carbonyl (C=O) groups is 2. The molecule has 2 saturated heterocycles. The van der Waals surface area contributed by atoms with E-state index >= 15 is 0 Å². The Kier molecular flexibility index (Phi) is 5.11. The fourth-order valence-electron chi connectivity index (χ4n) is 3.06. The first-order valence-corrected chi connectivity index (χ1v) is 8.39. The number of rotatable bonds is 4. The maximum absolute atomic E-state index is 14.6. The number of nitriles is 1. The summed E-state index contributed by atoms with van der Waals surface area (Å²) < 4.78 is 19.8. The number of hydrogen-bond donors (Lipinski definition) is 1. The molecule has 1 N–H and O–H groups in total. The number of ether oxygens (including phenoxy) is 1. The van der Waals surface area contributed by atoms with Crippen LogP contribution in [0.3, 0.4) is 0 Å². The number of benzene rings is 1. The minimum absolute atomic E-state index is 0.202. The number of amides is 2. The van der Waals surface area contributed by atoms with E-state index in [1.165, 1.54) is 17.9 Å². The Balaban J connectivity index is 1.67. The lowest BCUT2D eigenvalue weighted by Gasteiger charge is -2.33. The van der Waals surface area contributed by atoms with Crippen molar-refractivity contribution in [1.82, 2.24) is 10.2 Å². The van der Waals surface area contributed by atoms with Crippen molar-refractivity contribution in [2.45, 2.75) is 13.0 Å². The van der Waals surface area contributed by atoms with Crippen LogP contribution in [0.5, 0.6) is 0 Å². The molecule has 1 atom stereocenters. The third-order valence-electron chi connectivity index (χ3n) is 4.46. The Bertz CT molecular complexity index is 742. The fourth-order valence-corrected chi connectivity index (χ4v) is 3.06. The van der Waals surface area contributed by atoms with Gasteiger partial charge >= 0.3 is 6.09 Å². The van der Waals surface area contributed by atoms with E-state index in [0.29, 0.717) is 37.6 Å². The van der Waals surface area contributed by atoms with E-state index in [2.05, 4.69) is 11.5 Å². The molecular formula is C17H20FN5O3. The van der Waals surface area contributed by atoms with Crippen molar-refractivity contribution >= 4 is 23.4 Å². The Morgan fingerprint density at radius 1 is 1.38 bits per heavy atom. The molecule has 2 heterocycles. The van der Waals surface area contributed by atoms with Gasteiger partial charge in [0.1, 0.15) is 11.9 Å². The first-order chi connectivity index (χ1) is 12.5. The van der Waals surface area contributed by atoms with E-state index in [0.717, 1.165) is 0 Å². The van der Waals surface area contributed by atoms with Gasteiger partial charge in [0.15, 0.2) is 6.19 Å². The molecule has 0 radical (unpaired) electrons. The van der Waals surface area contributed by atoms with Crippen molar-refractivity contribution in [3.63, 3.8) is 0 Å². The minimum atomic E-state index is -0.560. The van der Waals surface area contributed by atoms with Crippen molar-refractivity contribution in [2.24, 2.45) is 0 Å². The highest BCUT2D eigenvalue weighted by atomic mass is 19.1. The molecule has 2 aliphatic heterocycles. The van der Waals surface area contributed by atoms with Gasteiger partial charge in [0, 0.05) is 33.1 Å². The first kappa shape index (κ1) is 17.8. The van der Waals surface area contributed by atoms with Crippen LogP contribution < -0.4 is 15.1 Å². The average molecular weight is 361 g/mol. The van der Waals surface area contributed by atoms with Gasteiger partial charge in [0.05, 0.1) is 24.5 Å². The van der Waals surface area contributed by atoms with Crippen molar-refractivity contribution < 1.29 is 18.7 Å². The molecule has 0 saturated carbocycles. The molecule has 8 nitrogen and oxygen atoms in total. The lowest BCUT2D eigenvalue weighted by molar-refractivity contribution is -0.119. The van der Waals surface area contributed by atoms with Gasteiger partial charge in [0.2, 0.25) is 5.91 Å². The number of anilines is 2. The third kappa shape index (κ3) is 3.79. The van der Waals surface area contributed by atoms with Crippen LogP contribution in [0.2, 0.25) is 0 Å². The molecule has 2 fully saturated rings. The Morgan fingerprint density at radius 2 is 2.12 bits per heavy atom. The smallest absolute Gasteiger partial charge is 0.414 e. The second kappa shape index (κ2) is 7.47. The van der Waals surface area contributed by atoms with E-state index in [9.17, 15) is 14.0 Å². The van der Waals surface area contributed by atoms with Gasteiger partial charge in [0.25, 0.3) is 0 Å². The van der Waals surface area contributed by atoms with Crippen LogP contribution >= 0.6 is 0 Å². The van der Waals surface area contributed by atoms with E-state index < -0.39 is 18.0 Å². The van der Waals surface area contributed by atoms with Crippen LogP contribution in [0.25, 0.3) is 0 Å². The molecule has 2 amide bonds. The molecule has 0 unspecified atom stereocenters. The predicted octanol–water partition coefficient (Wildman–Crippen LogP) is 0.890. The van der Waals surface area contributed by atoms with Crippen LogP contribution in [0.15, 0.2) is 18.2 Å². The summed E-state index contributed by atoms with van der Waals surface area (Å²) >= 11 is 0. The normalized spacial score (nSPS) is 20.0. The van der Waals surface area contributed by atoms with E-state index in [1.807, 2.05) is 4.90 Å². The highest BCUT2D eigenvalue weighted by Gasteiger charge is 2.33. The number of halogens is 1. The average Bonchev–Trinajstić information content (AvgIpc) is 3.01. The number of hydrogen-bond acceptors (Lipinski definition) is 6. The number of piperazine rings is 1. The molecule has 138 valence electrons. The highest BCUT2D eigenvalue weighted by Crippen LogP contribution is 2.28. The van der Waals surface area contributed by atoms with Gasteiger partial charge < -0.3 is 19.9 Å². The standard InChI is InChI=1S/C17H20FN5O3/c1-12(24)20-9-14-10-23(17(25)26-14)13-2-3-16(15(18)8-13)22-6-4-21(11-19)5-7-22/h2-3,8,14H,4-7,9-10H2,1H3,(H,20,24)/t14-/m0/s1. The van der Waals surface area contributed by atoms with Crippen LogP contribution in [0, 0.1) is 17.3 Å². The van der Waals surface area contributed by atoms with E-state index in [1.54, 1.807) is 17.0 Å². The second-order valence-electron chi connectivity index (χ2n) is 6.26. The lowest BCUT2D eigenvalue weighted by Crippen LogP contribution is -2.44. The van der Waals surface area contributed by atoms with Gasteiger partial charge in [-0.3, -0.25) is 9.69 Å². The molecule has 3 rings (SSSR count). The van der Waals surface area contributed by atoms with Crippen molar-refractivity contribution in [3.8, 4) is 6.19 Å². The maximum Gasteiger partial charge on any atom is 0.414 e. The Morgan fingerprint density at radius 3 is 2.73 bits per heavy atom. The van der Waals surface area contributed by atoms with E-state index in [4.69, 9.17) is 10.00 Å². The zero-order valence-corrected chi connectivity index (χ0v) is 14.4. The molecular weight excluding hydrogens is 341 g/mol. The molecule has 9 heteroatoms. The summed E-state index contributed by atoms with van der Waals surface area (Å²) in [4.78, 5) is 27.9. The van der Waals surface area contributed by atoms with Gasteiger partial charge in [-0.15, -0.1) is 0 Å². The first-order valence-electron chi connectivity index (χ1n) is 8.39. The number of nitrogens with zero attached hydrogens (tertiary/aromatic N) is 4. The van der Waals surface area contributed by atoms with Gasteiger partial charge in [-0.2, -0.15) is 5.26 Å². The fraction of sp³-hybridized carbons (Fsp3) is 0.471. The van der Waals surface area contributed by atoms with Gasteiger partial charge in [-0.05, 0) is 18.2 Å². The molecule has 0 aliphatic carbocycles. The quantitative estimate of drug-likeness (QED) is 0.802. The summed E-state index contributed by atoms with van der Waals surface area (Å²) in [5.41, 5.74) is 0.867. The number of nitrogens with one attached hydrogen (secondary N) is 1.